The monoisotopic (exact) mass is 164 g/mol. The van der Waals surface area contributed by atoms with E-state index < -0.39 is 0 Å². The Morgan fingerprint density at radius 3 is 2.10 bits per heavy atom. The molecular weight excluding hydrogens is 156 g/mol. The minimum absolute atomic E-state index is 0. The quantitative estimate of drug-likeness (QED) is 0.442. The van der Waals surface area contributed by atoms with Crippen LogP contribution in [0.15, 0.2) is 24.3 Å². The van der Waals surface area contributed by atoms with Crippen LogP contribution in [0.3, 0.4) is 0 Å². The molecule has 1 rings (SSSR count). The first-order chi connectivity index (χ1) is 4.33. The molecule has 0 fully saturated rings. The van der Waals surface area contributed by atoms with E-state index in [0.717, 1.165) is 0 Å². The first-order valence-electron chi connectivity index (χ1n) is 2.94. The third-order valence-corrected chi connectivity index (χ3v) is 1.58. The summed E-state index contributed by atoms with van der Waals surface area (Å²) in [6, 6.07) is 8.22. The minimum Gasteiger partial charge on any atom is -0.122 e. The second kappa shape index (κ2) is 5.00. The van der Waals surface area contributed by atoms with Crippen LogP contribution in [0.25, 0.3) is 0 Å². The van der Waals surface area contributed by atoms with Crippen LogP contribution in [-0.4, -0.2) is 23.1 Å². The molecule has 0 radical (unpaired) electrons. The van der Waals surface area contributed by atoms with Crippen LogP contribution >= 0.6 is 11.6 Å². The van der Waals surface area contributed by atoms with Crippen molar-refractivity contribution in [2.75, 3.05) is 0 Å². The predicted octanol–water partition coefficient (Wildman–Crippen LogP) is 2.35. The van der Waals surface area contributed by atoms with E-state index in [4.69, 9.17) is 11.6 Å². The van der Waals surface area contributed by atoms with Crippen LogP contribution in [-0.2, 0) is 5.88 Å². The largest absolute Gasteiger partial charge is 2.00 e. The van der Waals surface area contributed by atoms with Gasteiger partial charge in [-0.2, -0.15) is 0 Å². The zero-order chi connectivity index (χ0) is 6.69. The number of hydrogen-bond acceptors (Lipinski definition) is 0. The molecule has 0 heterocycles. The first kappa shape index (κ1) is 10.3. The van der Waals surface area contributed by atoms with Crippen molar-refractivity contribution in [3.63, 3.8) is 0 Å². The van der Waals surface area contributed by atoms with Gasteiger partial charge in [-0.1, -0.05) is 29.8 Å². The van der Waals surface area contributed by atoms with E-state index in [1.807, 2.05) is 12.1 Å². The van der Waals surface area contributed by atoms with Crippen molar-refractivity contribution < 1.29 is 0 Å². The minimum atomic E-state index is 0. The Hall–Kier alpha value is 0.276. The van der Waals surface area contributed by atoms with Crippen LogP contribution in [0.1, 0.15) is 11.1 Å². The third kappa shape index (κ3) is 2.91. The van der Waals surface area contributed by atoms with E-state index in [-0.39, 0.29) is 23.1 Å². The maximum atomic E-state index is 5.58. The van der Waals surface area contributed by atoms with Gasteiger partial charge in [-0.25, -0.2) is 0 Å². The van der Waals surface area contributed by atoms with Crippen molar-refractivity contribution in [1.82, 2.24) is 0 Å². The molecule has 0 N–H and O–H groups in total. The molecule has 0 unspecified atom stereocenters. The Bertz CT molecular complexity index is 181. The van der Waals surface area contributed by atoms with Gasteiger partial charge in [-0.15, -0.1) is 11.6 Å². The summed E-state index contributed by atoms with van der Waals surface area (Å²) >= 11 is 5.58. The van der Waals surface area contributed by atoms with Crippen LogP contribution < -0.4 is 0 Å². The molecule has 0 nitrogen and oxygen atoms in total. The second-order valence-corrected chi connectivity index (χ2v) is 2.39. The van der Waals surface area contributed by atoms with E-state index in [2.05, 4.69) is 19.1 Å². The van der Waals surface area contributed by atoms with Gasteiger partial charge in [-0.05, 0) is 12.5 Å². The van der Waals surface area contributed by atoms with Crippen molar-refractivity contribution in [2.45, 2.75) is 12.8 Å². The van der Waals surface area contributed by atoms with Gasteiger partial charge < -0.3 is 0 Å². The normalized spacial score (nSPS) is 8.60. The number of alkyl halides is 1. The zero-order valence-corrected chi connectivity index (χ0v) is 8.27. The second-order valence-electron chi connectivity index (χ2n) is 2.12. The number of hydrogen-bond donors (Lipinski definition) is 0. The Labute approximate surface area is 82.7 Å². The smallest absolute Gasteiger partial charge is 0.122 e. The van der Waals surface area contributed by atoms with Crippen LogP contribution in [0.2, 0.25) is 0 Å². The summed E-state index contributed by atoms with van der Waals surface area (Å²) in [7, 11) is 0. The van der Waals surface area contributed by atoms with Crippen LogP contribution in [0.4, 0.5) is 0 Å². The number of benzene rings is 1. The molecule has 1 aromatic rings. The molecule has 0 spiro atoms. The molecule has 0 atom stereocenters. The molecule has 0 amide bonds. The maximum Gasteiger partial charge on any atom is 2.00 e. The van der Waals surface area contributed by atoms with Gasteiger partial charge in [0.2, 0.25) is 0 Å². The maximum absolute atomic E-state index is 5.58. The van der Waals surface area contributed by atoms with Crippen molar-refractivity contribution in [2.24, 2.45) is 0 Å². The van der Waals surface area contributed by atoms with Gasteiger partial charge in [0.1, 0.15) is 0 Å². The molecule has 0 saturated heterocycles. The standard InChI is InChI=1S/C8H9Cl.Mg/c1-7-2-4-8(6-9)5-3-7;/h2-5H,6H2,1H3;/q;+2. The van der Waals surface area contributed by atoms with Crippen molar-refractivity contribution >= 4 is 34.7 Å². The van der Waals surface area contributed by atoms with E-state index in [9.17, 15) is 0 Å². The molecule has 0 bridgehead atoms. The van der Waals surface area contributed by atoms with Crippen molar-refractivity contribution in [1.29, 1.82) is 0 Å². The molecule has 0 aromatic heterocycles. The van der Waals surface area contributed by atoms with Crippen molar-refractivity contribution in [3.8, 4) is 0 Å². The third-order valence-electron chi connectivity index (χ3n) is 1.27. The van der Waals surface area contributed by atoms with Crippen LogP contribution in [0.5, 0.6) is 0 Å². The zero-order valence-electron chi connectivity index (χ0n) is 6.10. The molecule has 0 saturated carbocycles. The Morgan fingerprint density at radius 2 is 1.70 bits per heavy atom. The van der Waals surface area contributed by atoms with E-state index in [1.54, 1.807) is 0 Å². The molecule has 48 valence electrons. The van der Waals surface area contributed by atoms with Gasteiger partial charge in [0.15, 0.2) is 0 Å². The Balaban J connectivity index is 0.000000810. The molecular formula is C8H9ClMg+2. The molecule has 2 heteroatoms. The summed E-state index contributed by atoms with van der Waals surface area (Å²) in [5.41, 5.74) is 2.46. The predicted molar refractivity (Wildman–Crippen MR) is 46.5 cm³/mol. The molecule has 0 aliphatic heterocycles. The topological polar surface area (TPSA) is 0 Å². The van der Waals surface area contributed by atoms with Gasteiger partial charge in [0.25, 0.3) is 0 Å². The van der Waals surface area contributed by atoms with E-state index >= 15 is 0 Å². The average molecular weight is 165 g/mol. The summed E-state index contributed by atoms with van der Waals surface area (Å²) in [6.07, 6.45) is 0. The first-order valence-corrected chi connectivity index (χ1v) is 3.48. The van der Waals surface area contributed by atoms with E-state index in [1.165, 1.54) is 11.1 Å². The average Bonchev–Trinajstić information content (AvgIpc) is 1.90. The molecule has 0 aliphatic carbocycles. The fourth-order valence-corrected chi connectivity index (χ4v) is 0.855. The number of aryl methyl sites for hydroxylation is 1. The van der Waals surface area contributed by atoms with Gasteiger partial charge in [0, 0.05) is 5.88 Å². The fourth-order valence-electron chi connectivity index (χ4n) is 0.677. The summed E-state index contributed by atoms with van der Waals surface area (Å²) in [5, 5.41) is 0. The van der Waals surface area contributed by atoms with E-state index in [0.29, 0.717) is 5.88 Å². The Kier molecular flexibility index (Phi) is 5.14. The number of halogens is 1. The fraction of sp³-hybridized carbons (Fsp3) is 0.250. The van der Waals surface area contributed by atoms with Gasteiger partial charge in [-0.3, -0.25) is 0 Å². The number of rotatable bonds is 1. The summed E-state index contributed by atoms with van der Waals surface area (Å²) in [5.74, 6) is 0.611. The van der Waals surface area contributed by atoms with Gasteiger partial charge in [0.05, 0.1) is 0 Å². The van der Waals surface area contributed by atoms with Gasteiger partial charge >= 0.3 is 23.1 Å². The SMILES string of the molecule is Cc1ccc(CCl)cc1.[Mg+2]. The summed E-state index contributed by atoms with van der Waals surface area (Å²) in [4.78, 5) is 0. The Morgan fingerprint density at radius 1 is 1.20 bits per heavy atom. The molecule has 10 heavy (non-hydrogen) atoms. The summed E-state index contributed by atoms with van der Waals surface area (Å²) in [6.45, 7) is 2.07. The summed E-state index contributed by atoms with van der Waals surface area (Å²) < 4.78 is 0. The molecule has 1 aromatic carbocycles. The molecule has 0 aliphatic rings. The van der Waals surface area contributed by atoms with Crippen molar-refractivity contribution in [3.05, 3.63) is 35.4 Å². The van der Waals surface area contributed by atoms with Crippen LogP contribution in [0, 0.1) is 6.92 Å².